The number of nitrogens with one attached hydrogen (secondary N) is 1. The topological polar surface area (TPSA) is 27.6 Å². The maximum atomic E-state index is 4.47. The van der Waals surface area contributed by atoms with E-state index in [9.17, 15) is 0 Å². The molecule has 0 amide bonds. The van der Waals surface area contributed by atoms with E-state index in [1.807, 2.05) is 0 Å². The molecule has 1 aliphatic rings. The highest BCUT2D eigenvalue weighted by Gasteiger charge is 2.07. The zero-order valence-corrected chi connectivity index (χ0v) is 7.36. The molecule has 11 heavy (non-hydrogen) atoms. The Morgan fingerprint density at radius 1 is 1.45 bits per heavy atom. The van der Waals surface area contributed by atoms with Crippen molar-refractivity contribution in [2.45, 2.75) is 0 Å². The van der Waals surface area contributed by atoms with E-state index in [1.165, 1.54) is 0 Å². The van der Waals surface area contributed by atoms with Crippen molar-refractivity contribution in [1.29, 1.82) is 0 Å². The lowest BCUT2D eigenvalue weighted by Gasteiger charge is -2.26. The molecule has 1 heterocycles. The van der Waals surface area contributed by atoms with Crippen molar-refractivity contribution in [3.63, 3.8) is 0 Å². The maximum absolute atomic E-state index is 4.47. The van der Waals surface area contributed by atoms with Gasteiger partial charge in [-0.05, 0) is 12.2 Å². The second-order valence-electron chi connectivity index (χ2n) is 2.56. The number of hydrogen-bond acceptors (Lipinski definition) is 4. The molecule has 1 aliphatic heterocycles. The Hall–Kier alpha value is -0.280. The number of isothiocyanates is 1. The van der Waals surface area contributed by atoms with E-state index in [2.05, 4.69) is 32.6 Å². The van der Waals surface area contributed by atoms with Gasteiger partial charge >= 0.3 is 0 Å². The van der Waals surface area contributed by atoms with E-state index in [4.69, 9.17) is 0 Å². The Labute approximate surface area is 72.5 Å². The predicted octanol–water partition coefficient (Wildman–Crippen LogP) is -0.00560. The Morgan fingerprint density at radius 3 is 2.82 bits per heavy atom. The van der Waals surface area contributed by atoms with Crippen LogP contribution in [0.15, 0.2) is 4.99 Å². The lowest BCUT2D eigenvalue weighted by Crippen LogP contribution is -2.44. The Bertz CT molecular complexity index is 148. The van der Waals surface area contributed by atoms with Gasteiger partial charge in [0.15, 0.2) is 0 Å². The minimum atomic E-state index is 0.795. The van der Waals surface area contributed by atoms with Crippen LogP contribution in [0.1, 0.15) is 0 Å². The van der Waals surface area contributed by atoms with Crippen LogP contribution in [0.25, 0.3) is 0 Å². The number of piperazine rings is 1. The van der Waals surface area contributed by atoms with E-state index in [1.54, 1.807) is 0 Å². The molecule has 0 spiro atoms. The fourth-order valence-corrected chi connectivity index (χ4v) is 1.26. The summed E-state index contributed by atoms with van der Waals surface area (Å²) in [6.45, 7) is 6.28. The van der Waals surface area contributed by atoms with Crippen LogP contribution in [-0.4, -0.2) is 49.3 Å². The van der Waals surface area contributed by atoms with Crippen molar-refractivity contribution in [3.8, 4) is 0 Å². The minimum absolute atomic E-state index is 0.795. The van der Waals surface area contributed by atoms with Gasteiger partial charge in [-0.3, -0.25) is 4.90 Å². The monoisotopic (exact) mass is 171 g/mol. The number of rotatable bonds is 3. The molecular formula is C7H13N3S. The van der Waals surface area contributed by atoms with Crippen LogP contribution in [0.3, 0.4) is 0 Å². The molecule has 62 valence electrons. The highest BCUT2D eigenvalue weighted by Crippen LogP contribution is 1.90. The number of hydrogen-bond donors (Lipinski definition) is 1. The summed E-state index contributed by atoms with van der Waals surface area (Å²) in [6, 6.07) is 0. The van der Waals surface area contributed by atoms with Crippen LogP contribution in [0.2, 0.25) is 0 Å². The molecule has 0 bridgehead atoms. The third-order valence-electron chi connectivity index (χ3n) is 1.80. The van der Waals surface area contributed by atoms with Crippen molar-refractivity contribution in [2.75, 3.05) is 39.3 Å². The molecule has 1 saturated heterocycles. The highest BCUT2D eigenvalue weighted by molar-refractivity contribution is 7.78. The van der Waals surface area contributed by atoms with Gasteiger partial charge in [0.25, 0.3) is 0 Å². The summed E-state index contributed by atoms with van der Waals surface area (Å²) in [6.07, 6.45) is 0. The van der Waals surface area contributed by atoms with Gasteiger partial charge in [0, 0.05) is 32.7 Å². The molecule has 1 rings (SSSR count). The summed E-state index contributed by atoms with van der Waals surface area (Å²) < 4.78 is 0. The third-order valence-corrected chi connectivity index (χ3v) is 1.93. The largest absolute Gasteiger partial charge is 0.314 e. The van der Waals surface area contributed by atoms with Crippen LogP contribution in [0.5, 0.6) is 0 Å². The van der Waals surface area contributed by atoms with Gasteiger partial charge < -0.3 is 5.32 Å². The molecular weight excluding hydrogens is 158 g/mol. The zero-order chi connectivity index (χ0) is 7.94. The molecule has 3 nitrogen and oxygen atoms in total. The minimum Gasteiger partial charge on any atom is -0.314 e. The second-order valence-corrected chi connectivity index (χ2v) is 2.75. The fourth-order valence-electron chi connectivity index (χ4n) is 1.17. The predicted molar refractivity (Wildman–Crippen MR) is 49.2 cm³/mol. The Balaban J connectivity index is 2.09. The highest BCUT2D eigenvalue weighted by atomic mass is 32.1. The van der Waals surface area contributed by atoms with Crippen LogP contribution < -0.4 is 5.32 Å². The lowest BCUT2D eigenvalue weighted by atomic mass is 10.3. The van der Waals surface area contributed by atoms with Gasteiger partial charge in [0.1, 0.15) is 0 Å². The molecule has 1 N–H and O–H groups in total. The molecule has 0 saturated carbocycles. The Morgan fingerprint density at radius 2 is 2.18 bits per heavy atom. The van der Waals surface area contributed by atoms with Crippen molar-refractivity contribution in [2.24, 2.45) is 4.99 Å². The number of aliphatic imine (C=N–C) groups is 1. The molecule has 1 fully saturated rings. The molecule has 4 heteroatoms. The molecule has 0 aliphatic carbocycles. The molecule has 0 unspecified atom stereocenters. The van der Waals surface area contributed by atoms with Gasteiger partial charge in [0.2, 0.25) is 0 Å². The summed E-state index contributed by atoms with van der Waals surface area (Å²) in [5.74, 6) is 0. The first kappa shape index (κ1) is 8.81. The average molecular weight is 171 g/mol. The van der Waals surface area contributed by atoms with Crippen LogP contribution >= 0.6 is 12.2 Å². The molecule has 0 radical (unpaired) electrons. The summed E-state index contributed by atoms with van der Waals surface area (Å²) >= 11 is 4.47. The fraction of sp³-hybridized carbons (Fsp3) is 0.857. The van der Waals surface area contributed by atoms with Gasteiger partial charge in [0.05, 0.1) is 11.7 Å². The summed E-state index contributed by atoms with van der Waals surface area (Å²) in [5, 5.41) is 5.67. The molecule has 0 aromatic carbocycles. The first-order valence-corrected chi connectivity index (χ1v) is 4.31. The summed E-state index contributed by atoms with van der Waals surface area (Å²) in [4.78, 5) is 6.25. The molecule has 0 aromatic rings. The third kappa shape index (κ3) is 3.58. The SMILES string of the molecule is S=C=NCCN1CCNCC1. The number of nitrogens with zero attached hydrogens (tertiary/aromatic N) is 2. The Kier molecular flexibility index (Phi) is 4.31. The van der Waals surface area contributed by atoms with Crippen molar-refractivity contribution >= 4 is 17.4 Å². The van der Waals surface area contributed by atoms with E-state index >= 15 is 0 Å². The summed E-state index contributed by atoms with van der Waals surface area (Å²) in [7, 11) is 0. The van der Waals surface area contributed by atoms with E-state index < -0.39 is 0 Å². The standard InChI is InChI=1S/C7H13N3S/c11-7-9-3-6-10-4-1-8-2-5-10/h8H,1-6H2. The number of thiocarbonyl (C=S) groups is 1. The molecule has 0 atom stereocenters. The van der Waals surface area contributed by atoms with Gasteiger partial charge in [-0.1, -0.05) is 0 Å². The van der Waals surface area contributed by atoms with Crippen molar-refractivity contribution in [3.05, 3.63) is 0 Å². The first-order chi connectivity index (χ1) is 5.43. The van der Waals surface area contributed by atoms with Crippen LogP contribution in [0, 0.1) is 0 Å². The first-order valence-electron chi connectivity index (χ1n) is 3.90. The van der Waals surface area contributed by atoms with Crippen molar-refractivity contribution < 1.29 is 0 Å². The van der Waals surface area contributed by atoms with Crippen LogP contribution in [0.4, 0.5) is 0 Å². The van der Waals surface area contributed by atoms with E-state index in [-0.39, 0.29) is 0 Å². The van der Waals surface area contributed by atoms with Gasteiger partial charge in [-0.2, -0.15) is 0 Å². The zero-order valence-electron chi connectivity index (χ0n) is 6.55. The molecule has 0 aromatic heterocycles. The normalized spacial score (nSPS) is 19.3. The van der Waals surface area contributed by atoms with Gasteiger partial charge in [-0.25, -0.2) is 4.99 Å². The van der Waals surface area contributed by atoms with E-state index in [0.29, 0.717) is 0 Å². The smallest absolute Gasteiger partial charge is 0.0620 e. The van der Waals surface area contributed by atoms with E-state index in [0.717, 1.165) is 39.3 Å². The maximum Gasteiger partial charge on any atom is 0.0620 e. The lowest BCUT2D eigenvalue weighted by molar-refractivity contribution is 0.248. The van der Waals surface area contributed by atoms with Gasteiger partial charge in [-0.15, -0.1) is 0 Å². The average Bonchev–Trinajstić information content (AvgIpc) is 2.07. The van der Waals surface area contributed by atoms with Crippen molar-refractivity contribution in [1.82, 2.24) is 10.2 Å². The quantitative estimate of drug-likeness (QED) is 0.478. The summed E-state index contributed by atoms with van der Waals surface area (Å²) in [5.41, 5.74) is 0. The second kappa shape index (κ2) is 5.38. The van der Waals surface area contributed by atoms with Crippen LogP contribution in [-0.2, 0) is 0 Å².